The summed E-state index contributed by atoms with van der Waals surface area (Å²) in [6.45, 7) is -0.463. The minimum absolute atomic E-state index is 0.0558. The monoisotopic (exact) mass is 296 g/mol. The second kappa shape index (κ2) is 5.00. The Kier molecular flexibility index (Phi) is 3.29. The number of hydrogen-bond acceptors (Lipinski definition) is 8. The van der Waals surface area contributed by atoms with Gasteiger partial charge in [0.15, 0.2) is 17.4 Å². The van der Waals surface area contributed by atoms with E-state index < -0.39 is 36.1 Å². The Balaban J connectivity index is 2.06. The molecule has 0 aromatic carbocycles. The van der Waals surface area contributed by atoms with Crippen molar-refractivity contribution in [3.63, 3.8) is 0 Å². The van der Waals surface area contributed by atoms with Gasteiger partial charge in [-0.05, 0) is 0 Å². The predicted octanol–water partition coefficient (Wildman–Crippen LogP) is -1.05. The molecule has 0 saturated carbocycles. The Morgan fingerprint density at radius 1 is 1.38 bits per heavy atom. The van der Waals surface area contributed by atoms with Gasteiger partial charge in [0.2, 0.25) is 0 Å². The van der Waals surface area contributed by atoms with Crippen LogP contribution in [0.3, 0.4) is 0 Å². The smallest absolute Gasteiger partial charge is 0.300 e. The Bertz CT molecular complexity index is 688. The van der Waals surface area contributed by atoms with E-state index in [9.17, 15) is 20.3 Å². The fraction of sp³-hybridized carbons (Fsp3) is 0.455. The van der Waals surface area contributed by atoms with Gasteiger partial charge in [-0.3, -0.25) is 14.7 Å². The van der Waals surface area contributed by atoms with Crippen LogP contribution >= 0.6 is 0 Å². The number of imidazole rings is 1. The number of ether oxygens (including phenoxy) is 1. The van der Waals surface area contributed by atoms with E-state index in [2.05, 4.69) is 9.97 Å². The molecular formula is C11H12N4O6. The number of hydrogen-bond donors (Lipinski definition) is 3. The quantitative estimate of drug-likeness (QED) is 0.481. The molecular weight excluding hydrogens is 284 g/mol. The summed E-state index contributed by atoms with van der Waals surface area (Å²) in [5.74, 6) is 0. The van der Waals surface area contributed by atoms with Crippen molar-refractivity contribution >= 4 is 16.9 Å². The van der Waals surface area contributed by atoms with Crippen LogP contribution in [0, 0.1) is 10.1 Å². The Labute approximate surface area is 117 Å². The molecule has 21 heavy (non-hydrogen) atoms. The van der Waals surface area contributed by atoms with E-state index in [1.165, 1.54) is 23.2 Å². The van der Waals surface area contributed by atoms with Crippen LogP contribution in [0.15, 0.2) is 18.6 Å². The van der Waals surface area contributed by atoms with Crippen molar-refractivity contribution in [2.75, 3.05) is 6.61 Å². The molecule has 0 amide bonds. The molecule has 0 aliphatic carbocycles. The molecule has 3 N–H and O–H groups in total. The van der Waals surface area contributed by atoms with Gasteiger partial charge in [-0.2, -0.15) is 0 Å². The van der Waals surface area contributed by atoms with E-state index in [0.29, 0.717) is 0 Å². The van der Waals surface area contributed by atoms with Crippen molar-refractivity contribution in [3.8, 4) is 0 Å². The largest absolute Gasteiger partial charge is 0.394 e. The van der Waals surface area contributed by atoms with E-state index in [-0.39, 0.29) is 16.9 Å². The molecule has 3 rings (SSSR count). The van der Waals surface area contributed by atoms with Gasteiger partial charge in [0.25, 0.3) is 5.69 Å². The number of pyridine rings is 1. The maximum Gasteiger partial charge on any atom is 0.300 e. The maximum atomic E-state index is 10.9. The number of fused-ring (bicyclic) bond motifs is 1. The van der Waals surface area contributed by atoms with Crippen LogP contribution < -0.4 is 0 Å². The number of rotatable bonds is 3. The second-order valence-corrected chi connectivity index (χ2v) is 4.64. The standard InChI is InChI=1S/C11H12N4O6/c16-3-6-8(17)9(18)11(21-6)14-4-13-7-5(15(19)20)1-2-12-10(7)14/h1-2,4,6,8-9,11,16-18H,3H2. The number of aromatic nitrogens is 3. The van der Waals surface area contributed by atoms with Gasteiger partial charge in [-0.1, -0.05) is 0 Å². The molecule has 0 radical (unpaired) electrons. The molecule has 112 valence electrons. The third-order valence-electron chi connectivity index (χ3n) is 3.43. The molecule has 2 aromatic heterocycles. The zero-order chi connectivity index (χ0) is 15.1. The van der Waals surface area contributed by atoms with Crippen LogP contribution in [0.4, 0.5) is 5.69 Å². The molecule has 1 saturated heterocycles. The van der Waals surface area contributed by atoms with E-state index in [1.807, 2.05) is 0 Å². The van der Waals surface area contributed by atoms with Crippen LogP contribution in [0.1, 0.15) is 6.23 Å². The highest BCUT2D eigenvalue weighted by molar-refractivity contribution is 5.81. The van der Waals surface area contributed by atoms with Crippen molar-refractivity contribution in [1.82, 2.24) is 14.5 Å². The Hall–Kier alpha value is -2.14. The molecule has 10 heteroatoms. The summed E-state index contributed by atoms with van der Waals surface area (Å²) in [6.07, 6.45) is -2.06. The van der Waals surface area contributed by atoms with Crippen LogP contribution in [0.25, 0.3) is 11.2 Å². The third kappa shape index (κ3) is 2.05. The summed E-state index contributed by atoms with van der Waals surface area (Å²) in [7, 11) is 0. The maximum absolute atomic E-state index is 10.9. The highest BCUT2D eigenvalue weighted by Gasteiger charge is 2.44. The first-order valence-corrected chi connectivity index (χ1v) is 6.13. The lowest BCUT2D eigenvalue weighted by atomic mass is 10.1. The lowest BCUT2D eigenvalue weighted by Crippen LogP contribution is -2.33. The van der Waals surface area contributed by atoms with Crippen molar-refractivity contribution < 1.29 is 25.0 Å². The van der Waals surface area contributed by atoms with E-state index in [1.54, 1.807) is 0 Å². The predicted molar refractivity (Wildman–Crippen MR) is 67.2 cm³/mol. The third-order valence-corrected chi connectivity index (χ3v) is 3.43. The minimum Gasteiger partial charge on any atom is -0.394 e. The van der Waals surface area contributed by atoms with Crippen molar-refractivity contribution in [2.45, 2.75) is 24.5 Å². The summed E-state index contributed by atoms with van der Waals surface area (Å²) in [5, 5.41) is 39.7. The average molecular weight is 296 g/mol. The molecule has 4 atom stereocenters. The van der Waals surface area contributed by atoms with Gasteiger partial charge in [0, 0.05) is 12.3 Å². The zero-order valence-corrected chi connectivity index (χ0v) is 10.6. The summed E-state index contributed by atoms with van der Waals surface area (Å²) < 4.78 is 6.65. The molecule has 3 heterocycles. The van der Waals surface area contributed by atoms with E-state index >= 15 is 0 Å². The number of aliphatic hydroxyl groups excluding tert-OH is 3. The highest BCUT2D eigenvalue weighted by Crippen LogP contribution is 2.32. The molecule has 0 bridgehead atoms. The Morgan fingerprint density at radius 2 is 2.14 bits per heavy atom. The van der Waals surface area contributed by atoms with Gasteiger partial charge in [0.05, 0.1) is 17.9 Å². The van der Waals surface area contributed by atoms with Crippen molar-refractivity contribution in [1.29, 1.82) is 0 Å². The molecule has 4 unspecified atom stereocenters. The first kappa shape index (κ1) is 13.8. The normalized spacial score (nSPS) is 29.1. The highest BCUT2D eigenvalue weighted by atomic mass is 16.6. The second-order valence-electron chi connectivity index (χ2n) is 4.64. The van der Waals surface area contributed by atoms with Gasteiger partial charge >= 0.3 is 0 Å². The van der Waals surface area contributed by atoms with Crippen LogP contribution in [0.5, 0.6) is 0 Å². The van der Waals surface area contributed by atoms with Crippen LogP contribution in [-0.4, -0.2) is 59.7 Å². The molecule has 1 aliphatic heterocycles. The fourth-order valence-corrected chi connectivity index (χ4v) is 2.36. The summed E-state index contributed by atoms with van der Waals surface area (Å²) in [5.41, 5.74) is -0.00947. The average Bonchev–Trinajstić information content (AvgIpc) is 3.01. The number of nitrogens with zero attached hydrogens (tertiary/aromatic N) is 4. The summed E-state index contributed by atoms with van der Waals surface area (Å²) in [4.78, 5) is 18.3. The lowest BCUT2D eigenvalue weighted by molar-refractivity contribution is -0.383. The summed E-state index contributed by atoms with van der Waals surface area (Å²) >= 11 is 0. The minimum atomic E-state index is -1.30. The zero-order valence-electron chi connectivity index (χ0n) is 10.6. The lowest BCUT2D eigenvalue weighted by Gasteiger charge is -2.16. The molecule has 1 aliphatic rings. The number of nitro groups is 1. The van der Waals surface area contributed by atoms with Crippen molar-refractivity contribution in [2.24, 2.45) is 0 Å². The fourth-order valence-electron chi connectivity index (χ4n) is 2.36. The van der Waals surface area contributed by atoms with Gasteiger partial charge in [-0.15, -0.1) is 0 Å². The van der Waals surface area contributed by atoms with E-state index in [0.717, 1.165) is 0 Å². The van der Waals surface area contributed by atoms with Gasteiger partial charge in [0.1, 0.15) is 18.3 Å². The van der Waals surface area contributed by atoms with E-state index in [4.69, 9.17) is 9.84 Å². The first-order valence-electron chi connectivity index (χ1n) is 6.13. The molecule has 2 aromatic rings. The Morgan fingerprint density at radius 3 is 2.76 bits per heavy atom. The van der Waals surface area contributed by atoms with Crippen LogP contribution in [-0.2, 0) is 4.74 Å². The summed E-state index contributed by atoms with van der Waals surface area (Å²) in [6, 6.07) is 1.22. The molecule has 10 nitrogen and oxygen atoms in total. The topological polar surface area (TPSA) is 144 Å². The van der Waals surface area contributed by atoms with Crippen molar-refractivity contribution in [3.05, 3.63) is 28.7 Å². The molecule has 0 spiro atoms. The van der Waals surface area contributed by atoms with Gasteiger partial charge in [-0.25, -0.2) is 9.97 Å². The first-order chi connectivity index (χ1) is 10.0. The van der Waals surface area contributed by atoms with Gasteiger partial charge < -0.3 is 20.1 Å². The van der Waals surface area contributed by atoms with Crippen LogP contribution in [0.2, 0.25) is 0 Å². The molecule has 1 fully saturated rings. The number of aliphatic hydroxyl groups is 3. The SMILES string of the molecule is O=[N+]([O-])c1ccnc2c1ncn2C1OC(CO)C(O)C1O.